The van der Waals surface area contributed by atoms with Crippen LogP contribution in [0.15, 0.2) is 59.4 Å². The highest BCUT2D eigenvalue weighted by Crippen LogP contribution is 2.34. The van der Waals surface area contributed by atoms with Gasteiger partial charge in [0, 0.05) is 7.05 Å². The van der Waals surface area contributed by atoms with E-state index in [0.717, 1.165) is 11.1 Å². The molecule has 7 nitrogen and oxygen atoms in total. The van der Waals surface area contributed by atoms with Gasteiger partial charge in [0.15, 0.2) is 0 Å². The summed E-state index contributed by atoms with van der Waals surface area (Å²) in [4.78, 5) is 25.4. The minimum atomic E-state index is -0.278. The fraction of sp³-hybridized carbons (Fsp3) is 0.0769. The average molecular weight is 501 g/mol. The van der Waals surface area contributed by atoms with Crippen LogP contribution in [0.5, 0.6) is 0 Å². The smallest absolute Gasteiger partial charge is 0.261 e. The van der Waals surface area contributed by atoms with E-state index in [2.05, 4.69) is 21.4 Å². The number of nitrogens with zero attached hydrogens (tertiary/aromatic N) is 4. The maximum Gasteiger partial charge on any atom is 0.261 e. The highest BCUT2D eigenvalue weighted by atomic mass is 35.5. The molecule has 0 aliphatic heterocycles. The van der Waals surface area contributed by atoms with Crippen LogP contribution in [0.3, 0.4) is 0 Å². The largest absolute Gasteiger partial charge is 0.323 e. The molecule has 0 fully saturated rings. The summed E-state index contributed by atoms with van der Waals surface area (Å²) in [6.07, 6.45) is 1.88. The minimum Gasteiger partial charge on any atom is -0.323 e. The van der Waals surface area contributed by atoms with Crippen molar-refractivity contribution in [1.29, 1.82) is 5.26 Å². The van der Waals surface area contributed by atoms with Crippen LogP contribution >= 0.6 is 23.2 Å². The van der Waals surface area contributed by atoms with Gasteiger partial charge in [-0.2, -0.15) is 5.26 Å². The number of hydrogen-bond acceptors (Lipinski definition) is 5. The second-order valence-corrected chi connectivity index (χ2v) is 8.84. The fourth-order valence-corrected chi connectivity index (χ4v) is 4.47. The summed E-state index contributed by atoms with van der Waals surface area (Å²) in [5.74, 6) is 0.937. The van der Waals surface area contributed by atoms with Crippen molar-refractivity contribution >= 4 is 68.4 Å². The third-order valence-corrected chi connectivity index (χ3v) is 6.31. The van der Waals surface area contributed by atoms with Gasteiger partial charge in [0.1, 0.15) is 5.82 Å². The van der Waals surface area contributed by atoms with Gasteiger partial charge in [0.2, 0.25) is 5.95 Å². The number of aromatic amines is 1. The number of aryl methyl sites for hydroxylation is 1. The first-order valence-corrected chi connectivity index (χ1v) is 11.4. The van der Waals surface area contributed by atoms with Crippen LogP contribution in [-0.2, 0) is 7.05 Å². The molecule has 5 aromatic rings. The van der Waals surface area contributed by atoms with E-state index in [1.807, 2.05) is 38.2 Å². The molecule has 172 valence electrons. The number of nitriles is 1. The molecule has 9 heteroatoms. The topological polar surface area (TPSA) is 99.4 Å². The molecule has 0 aliphatic carbocycles. The van der Waals surface area contributed by atoms with Gasteiger partial charge in [0.25, 0.3) is 5.56 Å². The normalized spacial score (nSPS) is 11.7. The van der Waals surface area contributed by atoms with Gasteiger partial charge in [-0.3, -0.25) is 4.79 Å². The van der Waals surface area contributed by atoms with Crippen molar-refractivity contribution in [2.45, 2.75) is 6.92 Å². The quantitative estimate of drug-likeness (QED) is 0.302. The first-order chi connectivity index (χ1) is 16.9. The molecule has 0 radical (unpaired) electrons. The number of rotatable bonds is 4. The fourth-order valence-electron chi connectivity index (χ4n) is 3.97. The summed E-state index contributed by atoms with van der Waals surface area (Å²) in [5, 5.41) is 13.7. The Labute approximate surface area is 210 Å². The van der Waals surface area contributed by atoms with E-state index in [1.165, 1.54) is 0 Å². The summed E-state index contributed by atoms with van der Waals surface area (Å²) >= 11 is 12.6. The Morgan fingerprint density at radius 1 is 1.09 bits per heavy atom. The van der Waals surface area contributed by atoms with Crippen molar-refractivity contribution in [3.8, 4) is 6.07 Å². The Morgan fingerprint density at radius 3 is 2.54 bits per heavy atom. The molecule has 0 saturated carbocycles. The predicted molar refractivity (Wildman–Crippen MR) is 141 cm³/mol. The summed E-state index contributed by atoms with van der Waals surface area (Å²) in [6, 6.07) is 18.2. The molecule has 0 bridgehead atoms. The summed E-state index contributed by atoms with van der Waals surface area (Å²) in [6.45, 7) is 1.86. The number of fused-ring (bicyclic) bond motifs is 3. The van der Waals surface area contributed by atoms with E-state index >= 15 is 0 Å². The van der Waals surface area contributed by atoms with Crippen molar-refractivity contribution in [2.24, 2.45) is 7.05 Å². The summed E-state index contributed by atoms with van der Waals surface area (Å²) in [5.41, 5.74) is 4.24. The Kier molecular flexibility index (Phi) is 5.77. The second kappa shape index (κ2) is 8.91. The molecule has 3 aromatic carbocycles. The zero-order valence-corrected chi connectivity index (χ0v) is 20.2. The molecule has 5 rings (SSSR count). The van der Waals surface area contributed by atoms with Crippen LogP contribution in [-0.4, -0.2) is 19.5 Å². The number of H-pyrrole nitrogens is 1. The van der Waals surface area contributed by atoms with Crippen LogP contribution in [0.1, 0.15) is 23.9 Å². The zero-order valence-electron chi connectivity index (χ0n) is 18.7. The molecular weight excluding hydrogens is 483 g/mol. The summed E-state index contributed by atoms with van der Waals surface area (Å²) < 4.78 is 1.78. The lowest BCUT2D eigenvalue weighted by molar-refractivity contribution is 0.960. The van der Waals surface area contributed by atoms with E-state index in [0.29, 0.717) is 55.0 Å². The molecule has 2 N–H and O–H groups in total. The number of halogens is 2. The number of imidazole rings is 1. The molecule has 0 saturated heterocycles. The number of aromatic nitrogens is 4. The third-order valence-electron chi connectivity index (χ3n) is 5.68. The Balaban J connectivity index is 1.61. The molecule has 0 spiro atoms. The maximum atomic E-state index is 13.2. The molecule has 0 amide bonds. The van der Waals surface area contributed by atoms with Gasteiger partial charge in [-0.15, -0.1) is 0 Å². The highest BCUT2D eigenvalue weighted by molar-refractivity contribution is 6.39. The van der Waals surface area contributed by atoms with Crippen molar-refractivity contribution < 1.29 is 0 Å². The number of hydrogen-bond donors (Lipinski definition) is 2. The number of allylic oxidation sites excluding steroid dienone is 1. The van der Waals surface area contributed by atoms with Crippen molar-refractivity contribution in [3.05, 3.63) is 91.9 Å². The first kappa shape index (κ1) is 22.7. The first-order valence-electron chi connectivity index (χ1n) is 10.6. The van der Waals surface area contributed by atoms with Crippen LogP contribution in [0.4, 0.5) is 11.6 Å². The van der Waals surface area contributed by atoms with E-state index in [9.17, 15) is 4.79 Å². The Hall–Kier alpha value is -4.12. The number of anilines is 2. The zero-order chi connectivity index (χ0) is 24.7. The number of benzene rings is 3. The van der Waals surface area contributed by atoms with Crippen LogP contribution in [0, 0.1) is 11.3 Å². The summed E-state index contributed by atoms with van der Waals surface area (Å²) in [7, 11) is 1.81. The van der Waals surface area contributed by atoms with Gasteiger partial charge < -0.3 is 14.9 Å². The van der Waals surface area contributed by atoms with Gasteiger partial charge in [0.05, 0.1) is 49.3 Å². The van der Waals surface area contributed by atoms with Gasteiger partial charge in [-0.1, -0.05) is 41.4 Å². The lowest BCUT2D eigenvalue weighted by atomic mass is 10.1. The van der Waals surface area contributed by atoms with Crippen molar-refractivity contribution in [1.82, 2.24) is 19.5 Å². The van der Waals surface area contributed by atoms with E-state index in [-0.39, 0.29) is 5.56 Å². The second-order valence-electron chi connectivity index (χ2n) is 8.02. The number of nitrogens with one attached hydrogen (secondary N) is 2. The van der Waals surface area contributed by atoms with Crippen molar-refractivity contribution in [3.63, 3.8) is 0 Å². The molecule has 2 heterocycles. The van der Waals surface area contributed by atoms with E-state index in [4.69, 9.17) is 33.4 Å². The highest BCUT2D eigenvalue weighted by Gasteiger charge is 2.17. The van der Waals surface area contributed by atoms with Crippen LogP contribution < -0.4 is 10.9 Å². The van der Waals surface area contributed by atoms with E-state index in [1.54, 1.807) is 41.0 Å². The average Bonchev–Trinajstić information content (AvgIpc) is 3.16. The minimum absolute atomic E-state index is 0.278. The van der Waals surface area contributed by atoms with E-state index < -0.39 is 0 Å². The van der Waals surface area contributed by atoms with Crippen molar-refractivity contribution in [2.75, 3.05) is 5.32 Å². The lowest BCUT2D eigenvalue weighted by Gasteiger charge is -2.10. The van der Waals surface area contributed by atoms with Gasteiger partial charge in [-0.25, -0.2) is 9.97 Å². The monoisotopic (exact) mass is 500 g/mol. The third kappa shape index (κ3) is 4.14. The molecular formula is C26H18Cl2N6O. The maximum absolute atomic E-state index is 13.2. The molecule has 0 atom stereocenters. The predicted octanol–water partition coefficient (Wildman–Crippen LogP) is 6.29. The molecule has 0 aliphatic rings. The Bertz CT molecular complexity index is 1740. The van der Waals surface area contributed by atoms with Crippen LogP contribution in [0.2, 0.25) is 10.0 Å². The lowest BCUT2D eigenvalue weighted by Crippen LogP contribution is -2.12. The number of para-hydroxylation sites is 1. The SMILES string of the molecule is C/C(=C\c1cccc(C#N)c1)c1nc2ccc3nc(Nc4c(Cl)cccc4Cl)n(C)c3c2c(=O)[nH]1. The standard InChI is InChI=1S/C26H18Cl2N6O/c1-14(11-15-5-3-6-16(12-15)13-29)24-30-19-9-10-20-23(21(19)25(35)33-24)34(2)26(31-20)32-22-17(27)7-4-8-18(22)28/h3-12H,1-2H3,(H,31,32)(H,30,33,35)/b14-11+. The molecule has 2 aromatic heterocycles. The Morgan fingerprint density at radius 2 is 1.80 bits per heavy atom. The van der Waals surface area contributed by atoms with Gasteiger partial charge in [-0.05, 0) is 60.5 Å². The van der Waals surface area contributed by atoms with Gasteiger partial charge >= 0.3 is 0 Å². The molecule has 0 unspecified atom stereocenters. The molecule has 35 heavy (non-hydrogen) atoms. The van der Waals surface area contributed by atoms with Crippen LogP contribution in [0.25, 0.3) is 33.6 Å².